The Morgan fingerprint density at radius 2 is 1.82 bits per heavy atom. The minimum absolute atomic E-state index is 0.0306. The molecule has 1 aliphatic heterocycles. The molecule has 1 fully saturated rings. The van der Waals surface area contributed by atoms with Gasteiger partial charge in [0.2, 0.25) is 5.91 Å². The monoisotopic (exact) mass is 527 g/mol. The Labute approximate surface area is 186 Å². The van der Waals surface area contributed by atoms with Crippen LogP contribution in [0, 0.1) is 5.92 Å². The summed E-state index contributed by atoms with van der Waals surface area (Å²) in [7, 11) is 0. The predicted molar refractivity (Wildman–Crippen MR) is 119 cm³/mol. The molecule has 0 aliphatic carbocycles. The van der Waals surface area contributed by atoms with E-state index in [0.717, 1.165) is 43.1 Å². The molecule has 1 saturated heterocycles. The Morgan fingerprint density at radius 3 is 2.43 bits per heavy atom. The lowest BCUT2D eigenvalue weighted by atomic mass is 9.96. The molecular formula is C20H20Br2ClN3O2. The minimum Gasteiger partial charge on any atom is -0.506 e. The maximum Gasteiger partial charge on any atom is 0.243 e. The summed E-state index contributed by atoms with van der Waals surface area (Å²) in [6.45, 7) is 2.62. The molecule has 1 heterocycles. The van der Waals surface area contributed by atoms with Gasteiger partial charge in [-0.3, -0.25) is 9.69 Å². The number of hydrogen-bond acceptors (Lipinski definition) is 4. The second kappa shape index (κ2) is 9.87. The Kier molecular flexibility index (Phi) is 7.51. The van der Waals surface area contributed by atoms with Gasteiger partial charge >= 0.3 is 0 Å². The van der Waals surface area contributed by atoms with Crippen molar-refractivity contribution in [1.29, 1.82) is 0 Å². The topological polar surface area (TPSA) is 64.9 Å². The van der Waals surface area contributed by atoms with Crippen molar-refractivity contribution in [3.8, 4) is 5.75 Å². The largest absolute Gasteiger partial charge is 0.506 e. The number of halogens is 3. The number of rotatable bonds is 5. The maximum atomic E-state index is 12.4. The molecule has 1 aliphatic rings. The van der Waals surface area contributed by atoms with Crippen molar-refractivity contribution in [3.05, 3.63) is 61.5 Å². The Morgan fingerprint density at radius 1 is 1.21 bits per heavy atom. The lowest BCUT2D eigenvalue weighted by Gasteiger charge is -2.30. The third kappa shape index (κ3) is 5.80. The molecule has 2 aromatic carbocycles. The SMILES string of the molecule is O=C(N/N=C/c1cc(Br)c(O)c(Br)c1)C1CCN(Cc2ccc(Cl)cc2)CC1. The summed E-state index contributed by atoms with van der Waals surface area (Å²) in [6, 6.07) is 11.3. The molecular weight excluding hydrogens is 510 g/mol. The van der Waals surface area contributed by atoms with Crippen molar-refractivity contribution in [3.63, 3.8) is 0 Å². The van der Waals surface area contributed by atoms with Crippen LogP contribution in [0.3, 0.4) is 0 Å². The van der Waals surface area contributed by atoms with E-state index in [4.69, 9.17) is 11.6 Å². The molecule has 1 amide bonds. The highest BCUT2D eigenvalue weighted by Crippen LogP contribution is 2.32. The van der Waals surface area contributed by atoms with Crippen molar-refractivity contribution in [2.45, 2.75) is 19.4 Å². The molecule has 28 heavy (non-hydrogen) atoms. The van der Waals surface area contributed by atoms with E-state index in [2.05, 4.69) is 47.3 Å². The molecule has 0 bridgehead atoms. The van der Waals surface area contributed by atoms with Gasteiger partial charge in [0.25, 0.3) is 0 Å². The summed E-state index contributed by atoms with van der Waals surface area (Å²) in [5, 5.41) is 14.5. The number of carbonyl (C=O) groups is 1. The van der Waals surface area contributed by atoms with E-state index < -0.39 is 0 Å². The van der Waals surface area contributed by atoms with Crippen LogP contribution in [0.25, 0.3) is 0 Å². The smallest absolute Gasteiger partial charge is 0.243 e. The number of hydrogen-bond donors (Lipinski definition) is 2. The Hall–Kier alpha value is -1.41. The van der Waals surface area contributed by atoms with Gasteiger partial charge in [-0.05, 0) is 93.2 Å². The van der Waals surface area contributed by atoms with Crippen molar-refractivity contribution in [2.24, 2.45) is 11.0 Å². The molecule has 0 aromatic heterocycles. The van der Waals surface area contributed by atoms with Crippen LogP contribution < -0.4 is 5.43 Å². The third-order valence-corrected chi connectivity index (χ3v) is 6.17. The highest BCUT2D eigenvalue weighted by molar-refractivity contribution is 9.11. The lowest BCUT2D eigenvalue weighted by Crippen LogP contribution is -2.39. The first kappa shape index (κ1) is 21.3. The highest BCUT2D eigenvalue weighted by atomic mass is 79.9. The molecule has 2 aromatic rings. The fourth-order valence-corrected chi connectivity index (χ4v) is 4.47. The first-order valence-electron chi connectivity index (χ1n) is 8.90. The molecule has 148 valence electrons. The second-order valence-electron chi connectivity index (χ2n) is 6.74. The van der Waals surface area contributed by atoms with Crippen molar-refractivity contribution >= 4 is 55.6 Å². The summed E-state index contributed by atoms with van der Waals surface area (Å²) >= 11 is 12.5. The summed E-state index contributed by atoms with van der Waals surface area (Å²) in [4.78, 5) is 14.7. The molecule has 0 atom stereocenters. The lowest BCUT2D eigenvalue weighted by molar-refractivity contribution is -0.126. The number of phenols is 1. The number of aromatic hydroxyl groups is 1. The van der Waals surface area contributed by atoms with Gasteiger partial charge in [-0.1, -0.05) is 23.7 Å². The van der Waals surface area contributed by atoms with E-state index in [0.29, 0.717) is 8.95 Å². The van der Waals surface area contributed by atoms with Crippen LogP contribution in [-0.2, 0) is 11.3 Å². The summed E-state index contributed by atoms with van der Waals surface area (Å²) < 4.78 is 1.12. The number of benzene rings is 2. The fourth-order valence-electron chi connectivity index (χ4n) is 3.12. The van der Waals surface area contributed by atoms with Crippen LogP contribution in [0.5, 0.6) is 5.75 Å². The van der Waals surface area contributed by atoms with Crippen molar-refractivity contribution in [1.82, 2.24) is 10.3 Å². The van der Waals surface area contributed by atoms with Gasteiger partial charge in [-0.2, -0.15) is 5.10 Å². The average Bonchev–Trinajstić information content (AvgIpc) is 2.68. The van der Waals surface area contributed by atoms with Crippen molar-refractivity contribution < 1.29 is 9.90 Å². The highest BCUT2D eigenvalue weighted by Gasteiger charge is 2.24. The number of hydrazone groups is 1. The van der Waals surface area contributed by atoms with Crippen LogP contribution in [0.1, 0.15) is 24.0 Å². The van der Waals surface area contributed by atoms with Gasteiger partial charge < -0.3 is 5.11 Å². The van der Waals surface area contributed by atoms with Crippen LogP contribution in [-0.4, -0.2) is 35.2 Å². The molecule has 5 nitrogen and oxygen atoms in total. The van der Waals surface area contributed by atoms with E-state index in [1.165, 1.54) is 5.56 Å². The van der Waals surface area contributed by atoms with E-state index in [1.807, 2.05) is 24.3 Å². The first-order valence-corrected chi connectivity index (χ1v) is 10.9. The molecule has 0 unspecified atom stereocenters. The number of nitrogens with one attached hydrogen (secondary N) is 1. The summed E-state index contributed by atoms with van der Waals surface area (Å²) in [5.74, 6) is 0.0442. The number of likely N-dealkylation sites (tertiary alicyclic amines) is 1. The molecule has 0 spiro atoms. The van der Waals surface area contributed by atoms with Gasteiger partial charge in [-0.15, -0.1) is 0 Å². The second-order valence-corrected chi connectivity index (χ2v) is 8.89. The van der Waals surface area contributed by atoms with Crippen LogP contribution in [0.4, 0.5) is 0 Å². The van der Waals surface area contributed by atoms with E-state index in [1.54, 1.807) is 18.3 Å². The van der Waals surface area contributed by atoms with Gasteiger partial charge in [0.05, 0.1) is 15.2 Å². The fraction of sp³-hybridized carbons (Fsp3) is 0.300. The Balaban J connectivity index is 1.46. The number of carbonyl (C=O) groups excluding carboxylic acids is 1. The van der Waals surface area contributed by atoms with Crippen LogP contribution >= 0.6 is 43.5 Å². The van der Waals surface area contributed by atoms with E-state index in [9.17, 15) is 9.90 Å². The number of amides is 1. The van der Waals surface area contributed by atoms with Crippen LogP contribution in [0.15, 0.2) is 50.4 Å². The normalized spacial score (nSPS) is 15.8. The molecule has 0 saturated carbocycles. The van der Waals surface area contributed by atoms with Gasteiger partial charge in [0.15, 0.2) is 0 Å². The maximum absolute atomic E-state index is 12.4. The number of nitrogens with zero attached hydrogens (tertiary/aromatic N) is 2. The third-order valence-electron chi connectivity index (χ3n) is 4.71. The molecule has 2 N–H and O–H groups in total. The van der Waals surface area contributed by atoms with Gasteiger partial charge in [-0.25, -0.2) is 5.43 Å². The quantitative estimate of drug-likeness (QED) is 0.426. The zero-order chi connectivity index (χ0) is 20.1. The van der Waals surface area contributed by atoms with Crippen LogP contribution in [0.2, 0.25) is 5.02 Å². The molecule has 8 heteroatoms. The standard InChI is InChI=1S/C20H20Br2ClN3O2/c21-17-9-14(10-18(22)19(17)27)11-24-25-20(28)15-5-7-26(8-6-15)12-13-1-3-16(23)4-2-13/h1-4,9-11,15,27H,5-8,12H2,(H,25,28)/b24-11+. The van der Waals surface area contributed by atoms with E-state index in [-0.39, 0.29) is 17.6 Å². The predicted octanol–water partition coefficient (Wildman–Crippen LogP) is 4.93. The van der Waals surface area contributed by atoms with E-state index >= 15 is 0 Å². The summed E-state index contributed by atoms with van der Waals surface area (Å²) in [6.07, 6.45) is 3.18. The number of piperidine rings is 1. The minimum atomic E-state index is -0.0562. The van der Waals surface area contributed by atoms with Gasteiger partial charge in [0, 0.05) is 17.5 Å². The zero-order valence-electron chi connectivity index (χ0n) is 15.0. The average molecular weight is 530 g/mol. The molecule has 3 rings (SSSR count). The number of phenolic OH excluding ortho intramolecular Hbond substituents is 1. The zero-order valence-corrected chi connectivity index (χ0v) is 19.0. The first-order chi connectivity index (χ1) is 13.4. The molecule has 0 radical (unpaired) electrons. The van der Waals surface area contributed by atoms with Gasteiger partial charge in [0.1, 0.15) is 5.75 Å². The summed E-state index contributed by atoms with van der Waals surface area (Å²) in [5.41, 5.74) is 4.61. The Bertz CT molecular complexity index is 843. The van der Waals surface area contributed by atoms with Crippen molar-refractivity contribution in [2.75, 3.05) is 13.1 Å².